The highest BCUT2D eigenvalue weighted by Gasteiger charge is 2.32. The zero-order chi connectivity index (χ0) is 20.6. The Morgan fingerprint density at radius 2 is 2.03 bits per heavy atom. The lowest BCUT2D eigenvalue weighted by molar-refractivity contribution is 0.0827. The van der Waals surface area contributed by atoms with Crippen LogP contribution < -0.4 is 9.47 Å². The number of hydrogen-bond donors (Lipinski definition) is 0. The summed E-state index contributed by atoms with van der Waals surface area (Å²) in [6.07, 6.45) is 6.18. The predicted molar refractivity (Wildman–Crippen MR) is 117 cm³/mol. The minimum atomic E-state index is -0.113. The van der Waals surface area contributed by atoms with Gasteiger partial charge in [-0.1, -0.05) is 25.5 Å². The summed E-state index contributed by atoms with van der Waals surface area (Å²) in [6.45, 7) is 9.18. The molecular formula is C25H31NO3. The molecule has 4 rings (SSSR count). The number of benzene rings is 2. The fourth-order valence-corrected chi connectivity index (χ4v) is 4.75. The molecular weight excluding hydrogens is 362 g/mol. The standard InChI is InChI=1S/C25H31NO3/c1-5-6-7-19-16(2)22(26-27)10-9-20(19)18-14-17-8-11-23-21(24(17)28-15-18)12-13-25(3,4)29-23/h8-11,18H,5-7,12-15H2,1-4H3. The average Bonchev–Trinajstić information content (AvgIpc) is 2.71. The summed E-state index contributed by atoms with van der Waals surface area (Å²) >= 11 is 0. The fourth-order valence-electron chi connectivity index (χ4n) is 4.75. The van der Waals surface area contributed by atoms with Crippen molar-refractivity contribution in [3.63, 3.8) is 0 Å². The van der Waals surface area contributed by atoms with Gasteiger partial charge in [0.15, 0.2) is 0 Å². The second-order valence-corrected chi connectivity index (χ2v) is 9.08. The van der Waals surface area contributed by atoms with E-state index in [-0.39, 0.29) is 5.60 Å². The normalized spacial score (nSPS) is 19.5. The summed E-state index contributed by atoms with van der Waals surface area (Å²) in [6, 6.07) is 8.24. The van der Waals surface area contributed by atoms with Crippen LogP contribution in [0.4, 0.5) is 5.69 Å². The van der Waals surface area contributed by atoms with Crippen LogP contribution in [0.15, 0.2) is 29.4 Å². The zero-order valence-corrected chi connectivity index (χ0v) is 18.0. The van der Waals surface area contributed by atoms with Crippen molar-refractivity contribution in [3.8, 4) is 11.5 Å². The quantitative estimate of drug-likeness (QED) is 0.541. The smallest absolute Gasteiger partial charge is 0.129 e. The molecule has 4 nitrogen and oxygen atoms in total. The highest BCUT2D eigenvalue weighted by Crippen LogP contribution is 2.44. The molecule has 0 aromatic heterocycles. The summed E-state index contributed by atoms with van der Waals surface area (Å²) in [5.41, 5.74) is 6.55. The van der Waals surface area contributed by atoms with Crippen LogP contribution in [-0.2, 0) is 19.3 Å². The number of nitrogens with zero attached hydrogens (tertiary/aromatic N) is 1. The van der Waals surface area contributed by atoms with Crippen LogP contribution in [0.3, 0.4) is 0 Å². The molecule has 0 saturated heterocycles. The van der Waals surface area contributed by atoms with Crippen LogP contribution >= 0.6 is 0 Å². The van der Waals surface area contributed by atoms with Crippen LogP contribution in [-0.4, -0.2) is 12.2 Å². The maximum absolute atomic E-state index is 11.2. The Morgan fingerprint density at radius 1 is 1.21 bits per heavy atom. The van der Waals surface area contributed by atoms with Gasteiger partial charge in [0.05, 0.1) is 6.61 Å². The minimum absolute atomic E-state index is 0.113. The molecule has 0 amide bonds. The van der Waals surface area contributed by atoms with Crippen molar-refractivity contribution < 1.29 is 9.47 Å². The van der Waals surface area contributed by atoms with Gasteiger partial charge in [-0.15, -0.1) is 4.91 Å². The van der Waals surface area contributed by atoms with Crippen molar-refractivity contribution in [1.29, 1.82) is 0 Å². The third-order valence-corrected chi connectivity index (χ3v) is 6.48. The van der Waals surface area contributed by atoms with E-state index in [4.69, 9.17) is 9.47 Å². The van der Waals surface area contributed by atoms with Gasteiger partial charge < -0.3 is 9.47 Å². The number of unbranched alkanes of at least 4 members (excludes halogenated alkanes) is 1. The Morgan fingerprint density at radius 3 is 2.79 bits per heavy atom. The third kappa shape index (κ3) is 3.77. The second-order valence-electron chi connectivity index (χ2n) is 9.08. The van der Waals surface area contributed by atoms with E-state index in [0.29, 0.717) is 18.2 Å². The van der Waals surface area contributed by atoms with Crippen LogP contribution in [0.1, 0.15) is 73.8 Å². The molecule has 1 unspecified atom stereocenters. The van der Waals surface area contributed by atoms with E-state index in [9.17, 15) is 4.91 Å². The summed E-state index contributed by atoms with van der Waals surface area (Å²) in [5.74, 6) is 2.30. The van der Waals surface area contributed by atoms with E-state index < -0.39 is 0 Å². The van der Waals surface area contributed by atoms with Crippen molar-refractivity contribution >= 4 is 5.69 Å². The van der Waals surface area contributed by atoms with Gasteiger partial charge in [0.2, 0.25) is 0 Å². The minimum Gasteiger partial charge on any atom is -0.492 e. The van der Waals surface area contributed by atoms with Crippen molar-refractivity contribution in [3.05, 3.63) is 57.0 Å². The molecule has 29 heavy (non-hydrogen) atoms. The third-order valence-electron chi connectivity index (χ3n) is 6.48. The SMILES string of the molecule is CCCCc1c(C2COc3c(ccc4c3CCC(C)(C)O4)C2)ccc(N=O)c1C. The number of nitroso groups, excluding NO2 is 1. The molecule has 2 aromatic carbocycles. The second kappa shape index (κ2) is 7.81. The van der Waals surface area contributed by atoms with Gasteiger partial charge in [-0.3, -0.25) is 0 Å². The highest BCUT2D eigenvalue weighted by molar-refractivity contribution is 5.56. The molecule has 0 fully saturated rings. The van der Waals surface area contributed by atoms with E-state index in [1.807, 2.05) is 13.0 Å². The zero-order valence-electron chi connectivity index (χ0n) is 18.0. The molecule has 0 radical (unpaired) electrons. The molecule has 2 aliphatic rings. The number of ether oxygens (including phenoxy) is 2. The Bertz CT molecular complexity index is 932. The Labute approximate surface area is 173 Å². The molecule has 2 aromatic rings. The van der Waals surface area contributed by atoms with E-state index in [1.165, 1.54) is 22.3 Å². The first kappa shape index (κ1) is 19.9. The molecule has 4 heteroatoms. The Hall–Kier alpha value is -2.36. The molecule has 154 valence electrons. The van der Waals surface area contributed by atoms with E-state index >= 15 is 0 Å². The van der Waals surface area contributed by atoms with Crippen LogP contribution in [0, 0.1) is 11.8 Å². The molecule has 0 spiro atoms. The van der Waals surface area contributed by atoms with E-state index in [1.54, 1.807) is 0 Å². The first-order chi connectivity index (χ1) is 13.9. The van der Waals surface area contributed by atoms with Gasteiger partial charge in [0.25, 0.3) is 0 Å². The van der Waals surface area contributed by atoms with Crippen molar-refractivity contribution in [1.82, 2.24) is 0 Å². The number of fused-ring (bicyclic) bond motifs is 3. The summed E-state index contributed by atoms with van der Waals surface area (Å²) in [5, 5.41) is 3.23. The Kier molecular flexibility index (Phi) is 5.37. The van der Waals surface area contributed by atoms with Gasteiger partial charge >= 0.3 is 0 Å². The number of hydrogen-bond acceptors (Lipinski definition) is 4. The molecule has 0 N–H and O–H groups in total. The summed E-state index contributed by atoms with van der Waals surface area (Å²) in [7, 11) is 0. The summed E-state index contributed by atoms with van der Waals surface area (Å²) in [4.78, 5) is 11.2. The van der Waals surface area contributed by atoms with Crippen LogP contribution in [0.5, 0.6) is 11.5 Å². The van der Waals surface area contributed by atoms with Crippen molar-refractivity contribution in [2.24, 2.45) is 5.18 Å². The topological polar surface area (TPSA) is 47.9 Å². The fraction of sp³-hybridized carbons (Fsp3) is 0.520. The molecule has 1 atom stereocenters. The lowest BCUT2D eigenvalue weighted by Gasteiger charge is -2.36. The van der Waals surface area contributed by atoms with Crippen molar-refractivity contribution in [2.45, 2.75) is 77.7 Å². The van der Waals surface area contributed by atoms with Crippen molar-refractivity contribution in [2.75, 3.05) is 6.61 Å². The first-order valence-corrected chi connectivity index (χ1v) is 10.9. The molecule has 0 bridgehead atoms. The van der Waals surface area contributed by atoms with E-state index in [0.717, 1.165) is 55.6 Å². The maximum atomic E-state index is 11.2. The van der Waals surface area contributed by atoms with Crippen LogP contribution in [0.25, 0.3) is 0 Å². The van der Waals surface area contributed by atoms with Gasteiger partial charge in [-0.05, 0) is 92.4 Å². The first-order valence-electron chi connectivity index (χ1n) is 10.9. The average molecular weight is 394 g/mol. The molecule has 0 aliphatic carbocycles. The highest BCUT2D eigenvalue weighted by atomic mass is 16.5. The van der Waals surface area contributed by atoms with Gasteiger partial charge in [0.1, 0.15) is 22.8 Å². The lowest BCUT2D eigenvalue weighted by Crippen LogP contribution is -2.33. The van der Waals surface area contributed by atoms with Crippen LogP contribution in [0.2, 0.25) is 0 Å². The predicted octanol–water partition coefficient (Wildman–Crippen LogP) is 6.56. The largest absolute Gasteiger partial charge is 0.492 e. The Balaban J connectivity index is 1.66. The summed E-state index contributed by atoms with van der Waals surface area (Å²) < 4.78 is 12.5. The monoisotopic (exact) mass is 393 g/mol. The van der Waals surface area contributed by atoms with Gasteiger partial charge in [-0.25, -0.2) is 0 Å². The van der Waals surface area contributed by atoms with Gasteiger partial charge in [0, 0.05) is 11.5 Å². The molecule has 2 aliphatic heterocycles. The lowest BCUT2D eigenvalue weighted by atomic mass is 9.82. The number of rotatable bonds is 5. The molecule has 0 saturated carbocycles. The maximum Gasteiger partial charge on any atom is 0.129 e. The van der Waals surface area contributed by atoms with E-state index in [2.05, 4.69) is 44.1 Å². The van der Waals surface area contributed by atoms with Gasteiger partial charge in [-0.2, -0.15) is 0 Å². The molecule has 2 heterocycles.